The van der Waals surface area contributed by atoms with E-state index in [4.69, 9.17) is 0 Å². The topological polar surface area (TPSA) is 104 Å². The third-order valence-corrected chi connectivity index (χ3v) is 6.94. The van der Waals surface area contributed by atoms with Crippen LogP contribution in [0.25, 0.3) is 5.65 Å². The van der Waals surface area contributed by atoms with Gasteiger partial charge in [-0.05, 0) is 50.2 Å². The first-order valence-corrected chi connectivity index (χ1v) is 10.6. The summed E-state index contributed by atoms with van der Waals surface area (Å²) in [6.45, 7) is 1.47. The predicted molar refractivity (Wildman–Crippen MR) is 104 cm³/mol. The molecule has 9 nitrogen and oxygen atoms in total. The molecular formula is C20H26N6O3. The molecule has 1 saturated carbocycles. The zero-order valence-electron chi connectivity index (χ0n) is 16.4. The Labute approximate surface area is 168 Å². The van der Waals surface area contributed by atoms with E-state index in [9.17, 15) is 14.7 Å². The van der Waals surface area contributed by atoms with Crippen molar-refractivity contribution in [3.63, 3.8) is 0 Å². The molecule has 3 fully saturated rings. The number of carboxylic acid groups (broad SMARTS) is 1. The van der Waals surface area contributed by atoms with Gasteiger partial charge in [-0.1, -0.05) is 12.8 Å². The third-order valence-electron chi connectivity index (χ3n) is 6.94. The van der Waals surface area contributed by atoms with Crippen molar-refractivity contribution in [2.45, 2.75) is 57.0 Å². The van der Waals surface area contributed by atoms with E-state index in [2.05, 4.69) is 20.2 Å². The molecule has 1 amide bonds. The number of aliphatic carboxylic acids is 1. The largest absolute Gasteiger partial charge is 0.480 e. The van der Waals surface area contributed by atoms with E-state index >= 15 is 0 Å². The van der Waals surface area contributed by atoms with Crippen molar-refractivity contribution < 1.29 is 14.7 Å². The highest BCUT2D eigenvalue weighted by atomic mass is 16.4. The van der Waals surface area contributed by atoms with Gasteiger partial charge in [0.05, 0.1) is 0 Å². The van der Waals surface area contributed by atoms with E-state index in [1.807, 2.05) is 12.1 Å². The first-order valence-electron chi connectivity index (χ1n) is 10.6. The van der Waals surface area contributed by atoms with Crippen molar-refractivity contribution in [3.05, 3.63) is 18.5 Å². The summed E-state index contributed by atoms with van der Waals surface area (Å²) in [6.07, 6.45) is 7.88. The van der Waals surface area contributed by atoms with Gasteiger partial charge in [0.2, 0.25) is 5.91 Å². The van der Waals surface area contributed by atoms with E-state index in [0.717, 1.165) is 57.4 Å². The van der Waals surface area contributed by atoms with Gasteiger partial charge in [-0.25, -0.2) is 4.79 Å². The summed E-state index contributed by atoms with van der Waals surface area (Å²) in [4.78, 5) is 29.1. The van der Waals surface area contributed by atoms with Crippen LogP contribution in [0.15, 0.2) is 18.5 Å². The van der Waals surface area contributed by atoms with Crippen molar-refractivity contribution in [2.75, 3.05) is 18.0 Å². The number of amides is 1. The van der Waals surface area contributed by atoms with Gasteiger partial charge in [0.25, 0.3) is 0 Å². The summed E-state index contributed by atoms with van der Waals surface area (Å²) in [5.41, 5.74) is 0.703. The molecule has 9 heteroatoms. The van der Waals surface area contributed by atoms with Crippen molar-refractivity contribution in [1.82, 2.24) is 24.7 Å². The van der Waals surface area contributed by atoms with E-state index < -0.39 is 12.0 Å². The summed E-state index contributed by atoms with van der Waals surface area (Å²) in [6, 6.07) is 3.29. The molecule has 0 aromatic carbocycles. The molecule has 5 rings (SSSR count). The van der Waals surface area contributed by atoms with Gasteiger partial charge in [-0.2, -0.15) is 4.52 Å². The molecule has 2 saturated heterocycles. The maximum Gasteiger partial charge on any atom is 0.326 e. The number of carbonyl (C=O) groups excluding carboxylic acids is 1. The van der Waals surface area contributed by atoms with Gasteiger partial charge < -0.3 is 14.9 Å². The van der Waals surface area contributed by atoms with Crippen molar-refractivity contribution in [1.29, 1.82) is 0 Å². The molecule has 154 valence electrons. The van der Waals surface area contributed by atoms with Crippen LogP contribution in [0.4, 0.5) is 5.82 Å². The zero-order chi connectivity index (χ0) is 20.0. The van der Waals surface area contributed by atoms with Crippen LogP contribution in [-0.4, -0.2) is 66.9 Å². The highest BCUT2D eigenvalue weighted by molar-refractivity contribution is 5.86. The SMILES string of the molecule is O=C(O)C1CC2CCCCC2N1C(=O)C1CCN(c2ccc3nncn3n2)CC1. The molecule has 2 aromatic rings. The molecule has 3 aliphatic rings. The second-order valence-corrected chi connectivity index (χ2v) is 8.53. The highest BCUT2D eigenvalue weighted by Crippen LogP contribution is 2.41. The maximum atomic E-state index is 13.4. The van der Waals surface area contributed by atoms with Crippen molar-refractivity contribution >= 4 is 23.3 Å². The number of hydrogen-bond donors (Lipinski definition) is 1. The molecule has 1 N–H and O–H groups in total. The fraction of sp³-hybridized carbons (Fsp3) is 0.650. The van der Waals surface area contributed by atoms with Crippen LogP contribution in [0.5, 0.6) is 0 Å². The van der Waals surface area contributed by atoms with E-state index in [1.54, 1.807) is 15.7 Å². The van der Waals surface area contributed by atoms with Gasteiger partial charge in [-0.3, -0.25) is 4.79 Å². The van der Waals surface area contributed by atoms with Gasteiger partial charge in [0.1, 0.15) is 18.2 Å². The van der Waals surface area contributed by atoms with Crippen LogP contribution in [0.2, 0.25) is 0 Å². The molecule has 0 bridgehead atoms. The molecule has 0 spiro atoms. The smallest absolute Gasteiger partial charge is 0.326 e. The van der Waals surface area contributed by atoms with Crippen LogP contribution < -0.4 is 4.90 Å². The minimum Gasteiger partial charge on any atom is -0.480 e. The lowest BCUT2D eigenvalue weighted by Gasteiger charge is -2.38. The van der Waals surface area contributed by atoms with Crippen LogP contribution in [0.3, 0.4) is 0 Å². The summed E-state index contributed by atoms with van der Waals surface area (Å²) in [5, 5.41) is 22.1. The Bertz CT molecular complexity index is 922. The van der Waals surface area contributed by atoms with Crippen LogP contribution in [0, 0.1) is 11.8 Å². The number of carbonyl (C=O) groups is 2. The maximum absolute atomic E-state index is 13.4. The number of likely N-dealkylation sites (tertiary alicyclic amines) is 1. The molecule has 1 aliphatic carbocycles. The number of piperidine rings is 1. The number of fused-ring (bicyclic) bond motifs is 2. The second-order valence-electron chi connectivity index (χ2n) is 8.53. The number of aromatic nitrogens is 4. The Hall–Kier alpha value is -2.71. The number of rotatable bonds is 3. The molecule has 29 heavy (non-hydrogen) atoms. The first kappa shape index (κ1) is 18.3. The van der Waals surface area contributed by atoms with E-state index in [0.29, 0.717) is 18.0 Å². The molecule has 4 heterocycles. The monoisotopic (exact) mass is 398 g/mol. The fourth-order valence-corrected chi connectivity index (χ4v) is 5.45. The second kappa shape index (κ2) is 7.27. The van der Waals surface area contributed by atoms with Gasteiger partial charge in [0.15, 0.2) is 5.65 Å². The third kappa shape index (κ3) is 3.22. The Kier molecular flexibility index (Phi) is 4.60. The van der Waals surface area contributed by atoms with Crippen molar-refractivity contribution in [3.8, 4) is 0 Å². The molecule has 3 atom stereocenters. The Morgan fingerprint density at radius 3 is 2.66 bits per heavy atom. The van der Waals surface area contributed by atoms with Gasteiger partial charge in [-0.15, -0.1) is 15.3 Å². The number of anilines is 1. The van der Waals surface area contributed by atoms with E-state index in [-0.39, 0.29) is 17.9 Å². The predicted octanol–water partition coefficient (Wildman–Crippen LogP) is 1.58. The minimum atomic E-state index is -0.850. The van der Waals surface area contributed by atoms with Gasteiger partial charge in [0, 0.05) is 25.0 Å². The van der Waals surface area contributed by atoms with Crippen molar-refractivity contribution in [2.24, 2.45) is 11.8 Å². The molecule has 3 unspecified atom stereocenters. The van der Waals surface area contributed by atoms with Crippen LogP contribution >= 0.6 is 0 Å². The Morgan fingerprint density at radius 1 is 1.07 bits per heavy atom. The standard InChI is InChI=1S/C20H26N6O3/c27-19(26-15-4-2-1-3-14(15)11-16(26)20(28)29)13-7-9-24(10-8-13)18-6-5-17-22-21-12-25(17)23-18/h5-6,12-16H,1-4,7-11H2,(H,28,29). The summed E-state index contributed by atoms with van der Waals surface area (Å²) < 4.78 is 1.65. The van der Waals surface area contributed by atoms with Crippen LogP contribution in [0.1, 0.15) is 44.9 Å². The Balaban J connectivity index is 1.28. The normalized spacial score (nSPS) is 27.9. The number of nitrogens with zero attached hydrogens (tertiary/aromatic N) is 6. The van der Waals surface area contributed by atoms with E-state index in [1.165, 1.54) is 0 Å². The zero-order valence-corrected chi connectivity index (χ0v) is 16.4. The number of hydrogen-bond acceptors (Lipinski definition) is 6. The summed E-state index contributed by atoms with van der Waals surface area (Å²) in [7, 11) is 0. The molecule has 2 aliphatic heterocycles. The highest BCUT2D eigenvalue weighted by Gasteiger charge is 2.49. The lowest BCUT2D eigenvalue weighted by atomic mass is 9.84. The summed E-state index contributed by atoms with van der Waals surface area (Å²) in [5.74, 6) is 0.298. The summed E-state index contributed by atoms with van der Waals surface area (Å²) >= 11 is 0. The lowest BCUT2D eigenvalue weighted by molar-refractivity contribution is -0.152. The molecular weight excluding hydrogens is 372 g/mol. The molecule has 0 radical (unpaired) electrons. The minimum absolute atomic E-state index is 0.0497. The average Bonchev–Trinajstić information content (AvgIpc) is 3.37. The first-order chi connectivity index (χ1) is 14.1. The van der Waals surface area contributed by atoms with Crippen LogP contribution in [-0.2, 0) is 9.59 Å². The quantitative estimate of drug-likeness (QED) is 0.837. The lowest BCUT2D eigenvalue weighted by Crippen LogP contribution is -2.50. The van der Waals surface area contributed by atoms with Gasteiger partial charge >= 0.3 is 5.97 Å². The Morgan fingerprint density at radius 2 is 1.86 bits per heavy atom. The molecule has 2 aromatic heterocycles. The fourth-order valence-electron chi connectivity index (χ4n) is 5.45. The average molecular weight is 398 g/mol. The number of carboxylic acids is 1.